The number of anilines is 1. The Morgan fingerprint density at radius 3 is 2.73 bits per heavy atom. The summed E-state index contributed by atoms with van der Waals surface area (Å²) >= 11 is 0. The number of imidazole rings is 1. The van der Waals surface area contributed by atoms with Gasteiger partial charge in [0.2, 0.25) is 5.91 Å². The predicted octanol–water partition coefficient (Wildman–Crippen LogP) is 2.96. The van der Waals surface area contributed by atoms with Crippen LogP contribution in [-0.4, -0.2) is 44.8 Å². The van der Waals surface area contributed by atoms with E-state index in [4.69, 9.17) is 0 Å². The zero-order valence-corrected chi connectivity index (χ0v) is 14.4. The summed E-state index contributed by atoms with van der Waals surface area (Å²) in [6.07, 6.45) is 7.79. The Balaban J connectivity index is 1.57. The van der Waals surface area contributed by atoms with E-state index in [1.807, 2.05) is 15.5 Å². The SMILES string of the molecule is O=C(CCNc1c(-c2ccc(F)cc2)nc2cnccn12)N1CCCC1. The van der Waals surface area contributed by atoms with Crippen LogP contribution in [0.15, 0.2) is 42.9 Å². The molecule has 1 aliphatic heterocycles. The summed E-state index contributed by atoms with van der Waals surface area (Å²) < 4.78 is 15.1. The van der Waals surface area contributed by atoms with Crippen molar-refractivity contribution in [3.05, 3.63) is 48.7 Å². The van der Waals surface area contributed by atoms with Crippen molar-refractivity contribution in [2.45, 2.75) is 19.3 Å². The molecule has 3 heterocycles. The van der Waals surface area contributed by atoms with Gasteiger partial charge in [-0.15, -0.1) is 0 Å². The minimum Gasteiger partial charge on any atom is -0.369 e. The van der Waals surface area contributed by atoms with Crippen LogP contribution in [0.3, 0.4) is 0 Å². The van der Waals surface area contributed by atoms with Crippen LogP contribution in [0.2, 0.25) is 0 Å². The Labute approximate surface area is 150 Å². The summed E-state index contributed by atoms with van der Waals surface area (Å²) in [5.41, 5.74) is 2.22. The molecule has 0 unspecified atom stereocenters. The van der Waals surface area contributed by atoms with E-state index >= 15 is 0 Å². The molecule has 1 aromatic carbocycles. The molecular weight excluding hydrogens is 333 g/mol. The smallest absolute Gasteiger partial charge is 0.224 e. The molecule has 2 aromatic heterocycles. The fourth-order valence-corrected chi connectivity index (χ4v) is 3.30. The van der Waals surface area contributed by atoms with Crippen molar-refractivity contribution in [3.63, 3.8) is 0 Å². The van der Waals surface area contributed by atoms with E-state index in [2.05, 4.69) is 15.3 Å². The van der Waals surface area contributed by atoms with Crippen molar-refractivity contribution in [1.82, 2.24) is 19.3 Å². The van der Waals surface area contributed by atoms with Crippen LogP contribution in [-0.2, 0) is 4.79 Å². The van der Waals surface area contributed by atoms with Gasteiger partial charge in [-0.1, -0.05) is 0 Å². The van der Waals surface area contributed by atoms with Gasteiger partial charge in [0, 0.05) is 44.0 Å². The summed E-state index contributed by atoms with van der Waals surface area (Å²) in [7, 11) is 0. The molecule has 1 aliphatic rings. The number of fused-ring (bicyclic) bond motifs is 1. The minimum atomic E-state index is -0.287. The van der Waals surface area contributed by atoms with Gasteiger partial charge in [0.15, 0.2) is 5.65 Å². The van der Waals surface area contributed by atoms with Gasteiger partial charge in [0.25, 0.3) is 0 Å². The van der Waals surface area contributed by atoms with Crippen LogP contribution in [0.4, 0.5) is 10.2 Å². The third kappa shape index (κ3) is 3.24. The first-order valence-corrected chi connectivity index (χ1v) is 8.82. The zero-order valence-electron chi connectivity index (χ0n) is 14.4. The second kappa shape index (κ2) is 7.11. The molecule has 1 amide bonds. The number of carbonyl (C=O) groups excluding carboxylic acids is 1. The molecule has 0 aliphatic carbocycles. The van der Waals surface area contributed by atoms with Gasteiger partial charge in [0.05, 0.1) is 6.20 Å². The van der Waals surface area contributed by atoms with Crippen LogP contribution in [0.25, 0.3) is 16.9 Å². The molecule has 0 spiro atoms. The second-order valence-electron chi connectivity index (χ2n) is 6.39. The number of nitrogens with one attached hydrogen (secondary N) is 1. The summed E-state index contributed by atoms with van der Waals surface area (Å²) in [6.45, 7) is 2.24. The maximum absolute atomic E-state index is 13.3. The molecule has 3 aromatic rings. The topological polar surface area (TPSA) is 62.5 Å². The Morgan fingerprint density at radius 1 is 1.19 bits per heavy atom. The molecule has 26 heavy (non-hydrogen) atoms. The number of carbonyl (C=O) groups is 1. The van der Waals surface area contributed by atoms with E-state index < -0.39 is 0 Å². The molecule has 6 nitrogen and oxygen atoms in total. The number of halogens is 1. The van der Waals surface area contributed by atoms with Crippen molar-refractivity contribution < 1.29 is 9.18 Å². The van der Waals surface area contributed by atoms with Gasteiger partial charge in [-0.2, -0.15) is 0 Å². The minimum absolute atomic E-state index is 0.175. The Morgan fingerprint density at radius 2 is 1.96 bits per heavy atom. The lowest BCUT2D eigenvalue weighted by molar-refractivity contribution is -0.129. The summed E-state index contributed by atoms with van der Waals surface area (Å²) in [6, 6.07) is 6.23. The maximum Gasteiger partial charge on any atom is 0.224 e. The molecule has 4 rings (SSSR count). The zero-order chi connectivity index (χ0) is 17.9. The number of amides is 1. The highest BCUT2D eigenvalue weighted by atomic mass is 19.1. The first kappa shape index (κ1) is 16.5. The van der Waals surface area contributed by atoms with Crippen LogP contribution in [0.5, 0.6) is 0 Å². The highest BCUT2D eigenvalue weighted by Gasteiger charge is 2.18. The number of benzene rings is 1. The van der Waals surface area contributed by atoms with Gasteiger partial charge in [-0.3, -0.25) is 14.2 Å². The van der Waals surface area contributed by atoms with Crippen LogP contribution in [0.1, 0.15) is 19.3 Å². The third-order valence-corrected chi connectivity index (χ3v) is 4.64. The number of hydrogen-bond acceptors (Lipinski definition) is 4. The largest absolute Gasteiger partial charge is 0.369 e. The molecular formula is C19H20FN5O. The number of nitrogens with zero attached hydrogens (tertiary/aromatic N) is 4. The first-order chi connectivity index (χ1) is 12.7. The van der Waals surface area contributed by atoms with Crippen molar-refractivity contribution in [1.29, 1.82) is 0 Å². The lowest BCUT2D eigenvalue weighted by Crippen LogP contribution is -2.29. The molecule has 0 saturated carbocycles. The van der Waals surface area contributed by atoms with Crippen LogP contribution >= 0.6 is 0 Å². The van der Waals surface area contributed by atoms with E-state index in [0.717, 1.165) is 37.3 Å². The van der Waals surface area contributed by atoms with E-state index in [-0.39, 0.29) is 11.7 Å². The molecule has 1 N–H and O–H groups in total. The standard InChI is InChI=1S/C19H20FN5O/c20-15-5-3-14(4-6-15)18-19(25-12-9-21-13-16(25)23-18)22-8-7-17(26)24-10-1-2-11-24/h3-6,9,12-13,22H,1-2,7-8,10-11H2. The Bertz CT molecular complexity index is 915. The van der Waals surface area contributed by atoms with Gasteiger partial charge in [-0.05, 0) is 37.1 Å². The number of likely N-dealkylation sites (tertiary alicyclic amines) is 1. The van der Waals surface area contributed by atoms with Crippen molar-refractivity contribution >= 4 is 17.4 Å². The normalized spacial score (nSPS) is 14.1. The van der Waals surface area contributed by atoms with Gasteiger partial charge in [0.1, 0.15) is 17.3 Å². The fourth-order valence-electron chi connectivity index (χ4n) is 3.30. The highest BCUT2D eigenvalue weighted by Crippen LogP contribution is 2.28. The Hall–Kier alpha value is -2.96. The summed E-state index contributed by atoms with van der Waals surface area (Å²) in [5, 5.41) is 3.34. The molecule has 7 heteroatoms. The molecule has 0 bridgehead atoms. The lowest BCUT2D eigenvalue weighted by Gasteiger charge is -2.15. The van der Waals surface area contributed by atoms with Crippen molar-refractivity contribution in [2.75, 3.05) is 25.0 Å². The van der Waals surface area contributed by atoms with Crippen molar-refractivity contribution in [3.8, 4) is 11.3 Å². The maximum atomic E-state index is 13.3. The molecule has 134 valence electrons. The number of aromatic nitrogens is 3. The summed E-state index contributed by atoms with van der Waals surface area (Å²) in [5.74, 6) is 0.668. The third-order valence-electron chi connectivity index (χ3n) is 4.64. The fraction of sp³-hybridized carbons (Fsp3) is 0.316. The predicted molar refractivity (Wildman–Crippen MR) is 97.3 cm³/mol. The first-order valence-electron chi connectivity index (χ1n) is 8.82. The molecule has 0 atom stereocenters. The quantitative estimate of drug-likeness (QED) is 0.766. The highest BCUT2D eigenvalue weighted by molar-refractivity contribution is 5.79. The molecule has 1 saturated heterocycles. The van der Waals surface area contributed by atoms with E-state index in [9.17, 15) is 9.18 Å². The monoisotopic (exact) mass is 353 g/mol. The molecule has 1 fully saturated rings. The van der Waals surface area contributed by atoms with Gasteiger partial charge >= 0.3 is 0 Å². The lowest BCUT2D eigenvalue weighted by atomic mass is 10.1. The average Bonchev–Trinajstić information content (AvgIpc) is 3.31. The number of hydrogen-bond donors (Lipinski definition) is 1. The average molecular weight is 353 g/mol. The summed E-state index contributed by atoms with van der Waals surface area (Å²) in [4.78, 5) is 22.9. The number of rotatable bonds is 5. The Kier molecular flexibility index (Phi) is 4.51. The van der Waals surface area contributed by atoms with Crippen LogP contribution < -0.4 is 5.32 Å². The second-order valence-corrected chi connectivity index (χ2v) is 6.39. The molecule has 0 radical (unpaired) electrons. The van der Waals surface area contributed by atoms with E-state index in [1.54, 1.807) is 24.5 Å². The van der Waals surface area contributed by atoms with Crippen LogP contribution in [0, 0.1) is 5.82 Å². The van der Waals surface area contributed by atoms with E-state index in [1.165, 1.54) is 12.1 Å². The van der Waals surface area contributed by atoms with Gasteiger partial charge < -0.3 is 10.2 Å². The van der Waals surface area contributed by atoms with Gasteiger partial charge in [-0.25, -0.2) is 9.37 Å². The van der Waals surface area contributed by atoms with Crippen molar-refractivity contribution in [2.24, 2.45) is 0 Å². The van der Waals surface area contributed by atoms with E-state index in [0.29, 0.717) is 24.3 Å².